The lowest BCUT2D eigenvalue weighted by molar-refractivity contribution is -0.139. The van der Waals surface area contributed by atoms with Gasteiger partial charge in [-0.15, -0.1) is 0 Å². The smallest absolute Gasteiger partial charge is 0.324 e. The normalized spacial score (nSPS) is 13.0. The van der Waals surface area contributed by atoms with E-state index < -0.39 is 28.6 Å². The zero-order chi connectivity index (χ0) is 16.6. The van der Waals surface area contributed by atoms with Crippen molar-refractivity contribution in [3.8, 4) is 0 Å². The van der Waals surface area contributed by atoms with Crippen LogP contribution in [0.25, 0.3) is 0 Å². The highest BCUT2D eigenvalue weighted by Crippen LogP contribution is 2.13. The predicted octanol–water partition coefficient (Wildman–Crippen LogP) is 1.53. The van der Waals surface area contributed by atoms with Crippen molar-refractivity contribution in [3.63, 3.8) is 0 Å². The number of carbonyl (C=O) groups is 1. The van der Waals surface area contributed by atoms with Gasteiger partial charge in [0, 0.05) is 0 Å². The minimum absolute atomic E-state index is 0.00971. The highest BCUT2D eigenvalue weighted by Gasteiger charge is 2.24. The number of hydrogen-bond donors (Lipinski definition) is 3. The second-order valence-corrected chi connectivity index (χ2v) is 6.86. The Morgan fingerprint density at radius 1 is 1.18 bits per heavy atom. The molecule has 0 fully saturated rings. The van der Waals surface area contributed by atoms with E-state index in [1.54, 1.807) is 12.1 Å². The monoisotopic (exact) mass is 329 g/mol. The predicted molar refractivity (Wildman–Crippen MR) is 83.1 cm³/mol. The number of carboxylic acid groups (broad SMARTS) is 1. The van der Waals surface area contributed by atoms with Gasteiger partial charge in [0.05, 0.1) is 11.5 Å². The summed E-state index contributed by atoms with van der Waals surface area (Å²) in [7, 11) is -3.95. The van der Waals surface area contributed by atoms with Gasteiger partial charge in [-0.3, -0.25) is 4.79 Å². The second-order valence-electron chi connectivity index (χ2n) is 5.15. The molecule has 6 nitrogen and oxygen atoms in total. The van der Waals surface area contributed by atoms with Crippen LogP contribution in [-0.2, 0) is 21.2 Å². The molecule has 7 heteroatoms. The Hall–Kier alpha value is -1.44. The molecule has 0 aliphatic rings. The van der Waals surface area contributed by atoms with E-state index in [4.69, 9.17) is 10.2 Å². The summed E-state index contributed by atoms with van der Waals surface area (Å²) in [6.07, 6.45) is 5.45. The lowest BCUT2D eigenvalue weighted by Crippen LogP contribution is -2.43. The van der Waals surface area contributed by atoms with Crippen LogP contribution in [0.1, 0.15) is 38.2 Å². The average Bonchev–Trinajstić information content (AvgIpc) is 2.49. The number of rotatable bonds is 10. The Morgan fingerprint density at radius 3 is 2.32 bits per heavy atom. The molecule has 0 saturated heterocycles. The molecule has 1 aromatic carbocycles. The van der Waals surface area contributed by atoms with E-state index in [1.165, 1.54) is 25.0 Å². The van der Waals surface area contributed by atoms with Gasteiger partial charge in [0.25, 0.3) is 0 Å². The fraction of sp³-hybridized carbons (Fsp3) is 0.533. The van der Waals surface area contributed by atoms with Gasteiger partial charge in [0.15, 0.2) is 0 Å². The lowest BCUT2D eigenvalue weighted by Gasteiger charge is -2.12. The number of aliphatic carboxylic acids is 1. The van der Waals surface area contributed by atoms with Crippen LogP contribution in [0.5, 0.6) is 0 Å². The van der Waals surface area contributed by atoms with Gasteiger partial charge < -0.3 is 10.2 Å². The molecule has 22 heavy (non-hydrogen) atoms. The number of aliphatic hydroxyl groups is 1. The molecule has 0 bridgehead atoms. The van der Waals surface area contributed by atoms with Crippen LogP contribution in [0.15, 0.2) is 29.2 Å². The van der Waals surface area contributed by atoms with Crippen LogP contribution < -0.4 is 4.72 Å². The summed E-state index contributed by atoms with van der Waals surface area (Å²) in [5.41, 5.74) is 1.05. The molecule has 0 aliphatic carbocycles. The summed E-state index contributed by atoms with van der Waals surface area (Å²) in [6.45, 7) is 1.34. The molecule has 3 N–H and O–H groups in total. The Balaban J connectivity index is 2.70. The maximum Gasteiger partial charge on any atom is 0.324 e. The molecule has 1 atom stereocenters. The minimum Gasteiger partial charge on any atom is -0.480 e. The van der Waals surface area contributed by atoms with Crippen LogP contribution in [0.4, 0.5) is 0 Å². The molecule has 0 radical (unpaired) electrons. The molecule has 1 rings (SSSR count). The number of aryl methyl sites for hydroxylation is 1. The highest BCUT2D eigenvalue weighted by molar-refractivity contribution is 7.89. The van der Waals surface area contributed by atoms with Crippen molar-refractivity contribution >= 4 is 16.0 Å². The van der Waals surface area contributed by atoms with Crippen molar-refractivity contribution in [1.82, 2.24) is 4.72 Å². The molecule has 124 valence electrons. The fourth-order valence-electron chi connectivity index (χ4n) is 2.01. The molecular weight excluding hydrogens is 306 g/mol. The number of aliphatic hydroxyl groups excluding tert-OH is 1. The first-order chi connectivity index (χ1) is 10.4. The highest BCUT2D eigenvalue weighted by atomic mass is 32.2. The topological polar surface area (TPSA) is 104 Å². The van der Waals surface area contributed by atoms with E-state index in [-0.39, 0.29) is 4.90 Å². The van der Waals surface area contributed by atoms with Gasteiger partial charge in [0.1, 0.15) is 6.04 Å². The molecular formula is C15H23NO5S. The standard InChI is InChI=1S/C15H23NO5S/c1-2-3-4-5-6-12-7-9-13(10-8-12)22(20,21)16-14(11-17)15(18)19/h7-10,14,16-17H,2-6,11H2,1H3,(H,18,19). The molecule has 0 aromatic heterocycles. The average molecular weight is 329 g/mol. The number of hydrogen-bond acceptors (Lipinski definition) is 4. The van der Waals surface area contributed by atoms with E-state index in [2.05, 4.69) is 6.92 Å². The van der Waals surface area contributed by atoms with Crippen LogP contribution in [-0.4, -0.2) is 37.2 Å². The summed E-state index contributed by atoms with van der Waals surface area (Å²) in [5, 5.41) is 17.7. The Kier molecular flexibility index (Phi) is 7.50. The van der Waals surface area contributed by atoms with Gasteiger partial charge in [0.2, 0.25) is 10.0 Å². The molecule has 0 spiro atoms. The van der Waals surface area contributed by atoms with Gasteiger partial charge in [-0.05, 0) is 30.5 Å². The van der Waals surface area contributed by atoms with E-state index in [0.717, 1.165) is 24.8 Å². The van der Waals surface area contributed by atoms with Crippen molar-refractivity contribution in [2.75, 3.05) is 6.61 Å². The summed E-state index contributed by atoms with van der Waals surface area (Å²) in [4.78, 5) is 10.8. The first-order valence-electron chi connectivity index (χ1n) is 7.35. The third-order valence-corrected chi connectivity index (χ3v) is 4.82. The van der Waals surface area contributed by atoms with Gasteiger partial charge in [-0.2, -0.15) is 4.72 Å². The van der Waals surface area contributed by atoms with Gasteiger partial charge in [-0.25, -0.2) is 8.42 Å². The van der Waals surface area contributed by atoms with Crippen LogP contribution in [0.2, 0.25) is 0 Å². The number of unbranched alkanes of at least 4 members (excludes halogenated alkanes) is 3. The molecule has 1 unspecified atom stereocenters. The largest absolute Gasteiger partial charge is 0.480 e. The molecule has 0 aliphatic heterocycles. The Labute approximate surface area is 131 Å². The Bertz CT molecular complexity index is 568. The van der Waals surface area contributed by atoms with Crippen molar-refractivity contribution in [1.29, 1.82) is 0 Å². The number of nitrogens with one attached hydrogen (secondary N) is 1. The number of benzene rings is 1. The van der Waals surface area contributed by atoms with E-state index >= 15 is 0 Å². The van der Waals surface area contributed by atoms with Crippen molar-refractivity contribution in [2.45, 2.75) is 50.0 Å². The summed E-state index contributed by atoms with van der Waals surface area (Å²) < 4.78 is 26.0. The first-order valence-corrected chi connectivity index (χ1v) is 8.84. The second kappa shape index (κ2) is 8.87. The van der Waals surface area contributed by atoms with Gasteiger partial charge >= 0.3 is 5.97 Å². The third-order valence-electron chi connectivity index (χ3n) is 3.33. The fourth-order valence-corrected chi connectivity index (χ4v) is 3.19. The van der Waals surface area contributed by atoms with Crippen LogP contribution >= 0.6 is 0 Å². The van der Waals surface area contributed by atoms with E-state index in [9.17, 15) is 13.2 Å². The molecule has 0 saturated carbocycles. The minimum atomic E-state index is -3.95. The SMILES string of the molecule is CCCCCCc1ccc(S(=O)(=O)NC(CO)C(=O)O)cc1. The number of sulfonamides is 1. The maximum absolute atomic E-state index is 12.0. The number of carboxylic acids is 1. The van der Waals surface area contributed by atoms with Crippen molar-refractivity contribution in [3.05, 3.63) is 29.8 Å². The molecule has 0 heterocycles. The van der Waals surface area contributed by atoms with E-state index in [1.807, 2.05) is 4.72 Å². The van der Waals surface area contributed by atoms with Crippen molar-refractivity contribution < 1.29 is 23.4 Å². The first kappa shape index (κ1) is 18.6. The summed E-state index contributed by atoms with van der Waals surface area (Å²) >= 11 is 0. The Morgan fingerprint density at radius 2 is 1.82 bits per heavy atom. The van der Waals surface area contributed by atoms with E-state index in [0.29, 0.717) is 0 Å². The quantitative estimate of drug-likeness (QED) is 0.565. The molecule has 1 aromatic rings. The summed E-state index contributed by atoms with van der Waals surface area (Å²) in [6, 6.07) is 4.82. The van der Waals surface area contributed by atoms with Crippen LogP contribution in [0.3, 0.4) is 0 Å². The lowest BCUT2D eigenvalue weighted by atomic mass is 10.1. The molecule has 0 amide bonds. The van der Waals surface area contributed by atoms with Crippen LogP contribution in [0, 0.1) is 0 Å². The zero-order valence-corrected chi connectivity index (χ0v) is 13.5. The van der Waals surface area contributed by atoms with Gasteiger partial charge in [-0.1, -0.05) is 38.3 Å². The maximum atomic E-state index is 12.0. The zero-order valence-electron chi connectivity index (χ0n) is 12.7. The summed E-state index contributed by atoms with van der Waals surface area (Å²) in [5.74, 6) is -1.42. The van der Waals surface area contributed by atoms with Crippen molar-refractivity contribution in [2.24, 2.45) is 0 Å². The third kappa shape index (κ3) is 5.75.